The van der Waals surface area contributed by atoms with E-state index in [9.17, 15) is 4.79 Å². The van der Waals surface area contributed by atoms with Crippen LogP contribution in [0.15, 0.2) is 36.5 Å². The third-order valence-electron chi connectivity index (χ3n) is 5.51. The third-order valence-corrected chi connectivity index (χ3v) is 5.51. The zero-order valence-corrected chi connectivity index (χ0v) is 16.6. The Morgan fingerprint density at radius 2 is 2.14 bits per heavy atom. The number of fused-ring (bicyclic) bond motifs is 1. The number of piperidine rings is 1. The average Bonchev–Trinajstić information content (AvgIpc) is 3.07. The molecule has 2 aromatic heterocycles. The van der Waals surface area contributed by atoms with Crippen LogP contribution in [0.4, 0.5) is 5.69 Å². The fourth-order valence-electron chi connectivity index (χ4n) is 4.10. The highest BCUT2D eigenvalue weighted by Crippen LogP contribution is 2.32. The van der Waals surface area contributed by atoms with Gasteiger partial charge in [0.05, 0.1) is 28.2 Å². The van der Waals surface area contributed by atoms with Crippen molar-refractivity contribution in [2.24, 2.45) is 0 Å². The molecule has 3 heterocycles. The van der Waals surface area contributed by atoms with Gasteiger partial charge in [0, 0.05) is 37.1 Å². The number of nitrogen functional groups attached to an aromatic ring is 1. The van der Waals surface area contributed by atoms with E-state index in [1.165, 1.54) is 0 Å². The topological polar surface area (TPSA) is 77.0 Å². The van der Waals surface area contributed by atoms with Gasteiger partial charge in [0.15, 0.2) is 0 Å². The molecular weight excluding hydrogens is 350 g/mol. The minimum absolute atomic E-state index is 0.0592. The highest BCUT2D eigenvalue weighted by molar-refractivity contribution is 5.95. The van der Waals surface area contributed by atoms with Crippen LogP contribution in [-0.2, 0) is 6.54 Å². The normalized spacial score (nSPS) is 17.2. The Bertz CT molecular complexity index is 1010. The molecule has 1 saturated heterocycles. The largest absolute Gasteiger partial charge is 0.397 e. The lowest BCUT2D eigenvalue weighted by atomic mass is 9.92. The number of aromatic nitrogens is 3. The summed E-state index contributed by atoms with van der Waals surface area (Å²) in [4.78, 5) is 19.9. The lowest BCUT2D eigenvalue weighted by molar-refractivity contribution is 0.0705. The Kier molecular flexibility index (Phi) is 5.03. The molecular formula is C22H27N5O. The van der Waals surface area contributed by atoms with Crippen LogP contribution >= 0.6 is 0 Å². The van der Waals surface area contributed by atoms with Gasteiger partial charge in [-0.15, -0.1) is 0 Å². The molecule has 4 rings (SSSR count). The van der Waals surface area contributed by atoms with Crippen LogP contribution in [0.25, 0.3) is 10.9 Å². The van der Waals surface area contributed by atoms with E-state index in [0.29, 0.717) is 17.8 Å². The summed E-state index contributed by atoms with van der Waals surface area (Å²) in [5, 5.41) is 5.53. The number of hydrogen-bond donors (Lipinski definition) is 1. The second kappa shape index (κ2) is 7.62. The molecule has 6 nitrogen and oxygen atoms in total. The molecule has 1 fully saturated rings. The number of pyridine rings is 1. The van der Waals surface area contributed by atoms with Gasteiger partial charge in [-0.1, -0.05) is 25.1 Å². The van der Waals surface area contributed by atoms with E-state index >= 15 is 0 Å². The first-order valence-corrected chi connectivity index (χ1v) is 10.0. The molecule has 28 heavy (non-hydrogen) atoms. The summed E-state index contributed by atoms with van der Waals surface area (Å²) in [6, 6.07) is 10.0. The number of hydrogen-bond acceptors (Lipinski definition) is 4. The molecule has 3 aromatic rings. The van der Waals surface area contributed by atoms with E-state index in [4.69, 9.17) is 10.7 Å². The lowest BCUT2D eigenvalue weighted by Crippen LogP contribution is -2.39. The first-order valence-electron chi connectivity index (χ1n) is 10.0. The number of rotatable bonds is 4. The van der Waals surface area contributed by atoms with Crippen molar-refractivity contribution in [1.29, 1.82) is 0 Å². The summed E-state index contributed by atoms with van der Waals surface area (Å²) >= 11 is 0. The predicted octanol–water partition coefficient (Wildman–Crippen LogP) is 3.75. The lowest BCUT2D eigenvalue weighted by Gasteiger charge is -2.33. The molecule has 1 atom stereocenters. The van der Waals surface area contributed by atoms with Gasteiger partial charge in [-0.25, -0.2) is 0 Å². The maximum absolute atomic E-state index is 13.1. The van der Waals surface area contributed by atoms with Crippen molar-refractivity contribution in [3.8, 4) is 0 Å². The van der Waals surface area contributed by atoms with Crippen LogP contribution in [0.2, 0.25) is 0 Å². The fourth-order valence-corrected chi connectivity index (χ4v) is 4.10. The molecule has 6 heteroatoms. The van der Waals surface area contributed by atoms with Gasteiger partial charge in [0.1, 0.15) is 0 Å². The summed E-state index contributed by atoms with van der Waals surface area (Å²) < 4.78 is 1.87. The number of anilines is 1. The number of amides is 1. The molecule has 0 saturated carbocycles. The Labute approximate surface area is 165 Å². The van der Waals surface area contributed by atoms with E-state index in [0.717, 1.165) is 54.6 Å². The summed E-state index contributed by atoms with van der Waals surface area (Å²) in [6.07, 6.45) is 4.82. The third kappa shape index (κ3) is 3.46. The first kappa shape index (κ1) is 18.5. The minimum Gasteiger partial charge on any atom is -0.397 e. The van der Waals surface area contributed by atoms with E-state index in [1.54, 1.807) is 0 Å². The molecule has 0 aliphatic carbocycles. The van der Waals surface area contributed by atoms with Crippen LogP contribution in [-0.4, -0.2) is 38.7 Å². The number of likely N-dealkylation sites (tertiary alicyclic amines) is 1. The maximum atomic E-state index is 13.1. The van der Waals surface area contributed by atoms with Crippen molar-refractivity contribution in [2.75, 3.05) is 18.8 Å². The van der Waals surface area contributed by atoms with Crippen molar-refractivity contribution in [1.82, 2.24) is 19.7 Å². The Hall–Kier alpha value is -2.89. The van der Waals surface area contributed by atoms with Crippen molar-refractivity contribution >= 4 is 22.5 Å². The smallest absolute Gasteiger partial charge is 0.257 e. The zero-order valence-electron chi connectivity index (χ0n) is 16.6. The van der Waals surface area contributed by atoms with E-state index in [1.807, 2.05) is 53.0 Å². The summed E-state index contributed by atoms with van der Waals surface area (Å²) in [7, 11) is 0. The van der Waals surface area contributed by atoms with E-state index in [-0.39, 0.29) is 11.8 Å². The first-order chi connectivity index (χ1) is 13.6. The molecule has 1 aromatic carbocycles. The van der Waals surface area contributed by atoms with Gasteiger partial charge >= 0.3 is 0 Å². The highest BCUT2D eigenvalue weighted by Gasteiger charge is 2.29. The highest BCUT2D eigenvalue weighted by atomic mass is 16.2. The SMILES string of the molecule is CCCn1cc(C(=O)N2CCCC(c3nc4ccccc4cc3N)C2)c(C)n1. The molecule has 2 N–H and O–H groups in total. The second-order valence-electron chi connectivity index (χ2n) is 7.64. The van der Waals surface area contributed by atoms with E-state index < -0.39 is 0 Å². The standard InChI is InChI=1S/C22H27N5O/c1-3-10-27-14-18(15(2)25-27)22(28)26-11-6-8-17(13-26)21-19(23)12-16-7-4-5-9-20(16)24-21/h4-5,7,9,12,14,17H,3,6,8,10-11,13,23H2,1-2H3. The molecule has 1 aliphatic heterocycles. The van der Waals surface area contributed by atoms with Crippen LogP contribution in [0.5, 0.6) is 0 Å². The van der Waals surface area contributed by atoms with E-state index in [2.05, 4.69) is 12.0 Å². The number of para-hydroxylation sites is 1. The van der Waals surface area contributed by atoms with Crippen molar-refractivity contribution < 1.29 is 4.79 Å². The summed E-state index contributed by atoms with van der Waals surface area (Å²) in [5.41, 5.74) is 10.4. The number of nitrogens with two attached hydrogens (primary N) is 1. The average molecular weight is 377 g/mol. The quantitative estimate of drug-likeness (QED) is 0.751. The minimum atomic E-state index is 0.0592. The van der Waals surface area contributed by atoms with Crippen molar-refractivity contribution in [3.05, 3.63) is 53.5 Å². The number of nitrogens with zero attached hydrogens (tertiary/aromatic N) is 4. The number of carbonyl (C=O) groups is 1. The fraction of sp³-hybridized carbons (Fsp3) is 0.409. The Balaban J connectivity index is 1.58. The molecule has 146 valence electrons. The summed E-state index contributed by atoms with van der Waals surface area (Å²) in [5.74, 6) is 0.220. The van der Waals surface area contributed by atoms with Gasteiger partial charge in [-0.05, 0) is 38.3 Å². The molecule has 0 radical (unpaired) electrons. The number of carbonyl (C=O) groups excluding carboxylic acids is 1. The monoisotopic (exact) mass is 377 g/mol. The summed E-state index contributed by atoms with van der Waals surface area (Å²) in [6.45, 7) is 6.25. The van der Waals surface area contributed by atoms with Crippen molar-refractivity contribution in [3.63, 3.8) is 0 Å². The Morgan fingerprint density at radius 3 is 2.96 bits per heavy atom. The number of benzene rings is 1. The maximum Gasteiger partial charge on any atom is 0.257 e. The number of aryl methyl sites for hydroxylation is 2. The van der Waals surface area contributed by atoms with Crippen LogP contribution in [0, 0.1) is 6.92 Å². The van der Waals surface area contributed by atoms with Crippen LogP contribution in [0.3, 0.4) is 0 Å². The molecule has 1 aliphatic rings. The molecule has 1 amide bonds. The molecule has 0 spiro atoms. The predicted molar refractivity (Wildman–Crippen MR) is 111 cm³/mol. The zero-order chi connectivity index (χ0) is 19.7. The van der Waals surface area contributed by atoms with Crippen molar-refractivity contribution in [2.45, 2.75) is 45.6 Å². The van der Waals surface area contributed by atoms with Gasteiger partial charge in [0.25, 0.3) is 5.91 Å². The molecule has 1 unspecified atom stereocenters. The second-order valence-corrected chi connectivity index (χ2v) is 7.64. The van der Waals surface area contributed by atoms with Gasteiger partial charge in [0.2, 0.25) is 0 Å². The van der Waals surface area contributed by atoms with Crippen LogP contribution < -0.4 is 5.73 Å². The Morgan fingerprint density at radius 1 is 1.32 bits per heavy atom. The van der Waals surface area contributed by atoms with Gasteiger partial charge in [-0.2, -0.15) is 5.10 Å². The van der Waals surface area contributed by atoms with Crippen LogP contribution in [0.1, 0.15) is 53.8 Å². The molecule has 0 bridgehead atoms. The van der Waals surface area contributed by atoms with Gasteiger partial charge < -0.3 is 10.6 Å². The van der Waals surface area contributed by atoms with Gasteiger partial charge in [-0.3, -0.25) is 14.5 Å².